The molecule has 0 radical (unpaired) electrons. The number of methoxy groups -OCH3 is 1. The average molecular weight is 277 g/mol. The molecule has 1 aromatic carbocycles. The van der Waals surface area contributed by atoms with Gasteiger partial charge in [-0.15, -0.1) is 0 Å². The quantitative estimate of drug-likeness (QED) is 0.860. The van der Waals surface area contributed by atoms with E-state index in [0.29, 0.717) is 21.4 Å². The van der Waals surface area contributed by atoms with E-state index in [-0.39, 0.29) is 5.92 Å². The highest BCUT2D eigenvalue weighted by molar-refractivity contribution is 6.34. The van der Waals surface area contributed by atoms with E-state index in [1.807, 2.05) is 6.92 Å². The fourth-order valence-corrected chi connectivity index (χ4v) is 2.36. The molecule has 0 bridgehead atoms. The van der Waals surface area contributed by atoms with Crippen molar-refractivity contribution in [3.8, 4) is 5.75 Å². The monoisotopic (exact) mass is 276 g/mol. The first-order valence-corrected chi connectivity index (χ1v) is 6.47. The van der Waals surface area contributed by atoms with E-state index >= 15 is 0 Å². The molecule has 1 N–H and O–H groups in total. The number of rotatable bonds is 5. The molecule has 0 spiro atoms. The maximum atomic E-state index is 10.2. The van der Waals surface area contributed by atoms with Crippen LogP contribution in [-0.4, -0.2) is 12.2 Å². The van der Waals surface area contributed by atoms with Gasteiger partial charge in [0, 0.05) is 11.6 Å². The molecule has 1 rings (SSSR count). The van der Waals surface area contributed by atoms with Gasteiger partial charge in [-0.2, -0.15) is 0 Å². The van der Waals surface area contributed by atoms with E-state index in [1.54, 1.807) is 12.1 Å². The lowest BCUT2D eigenvalue weighted by molar-refractivity contribution is 0.112. The van der Waals surface area contributed by atoms with Gasteiger partial charge in [0.15, 0.2) is 0 Å². The molecular weight excluding hydrogens is 259 g/mol. The summed E-state index contributed by atoms with van der Waals surface area (Å²) in [7, 11) is 1.54. The van der Waals surface area contributed by atoms with Gasteiger partial charge in [-0.1, -0.05) is 43.5 Å². The Morgan fingerprint density at radius 1 is 1.29 bits per heavy atom. The van der Waals surface area contributed by atoms with Crippen molar-refractivity contribution < 1.29 is 9.84 Å². The first kappa shape index (κ1) is 14.6. The second kappa shape index (κ2) is 6.48. The zero-order valence-electron chi connectivity index (χ0n) is 10.3. The number of hydrogen-bond acceptors (Lipinski definition) is 2. The lowest BCUT2D eigenvalue weighted by Crippen LogP contribution is -2.09. The van der Waals surface area contributed by atoms with Crippen LogP contribution in [0.3, 0.4) is 0 Å². The summed E-state index contributed by atoms with van der Waals surface area (Å²) in [5, 5.41) is 11.2. The molecule has 1 aromatic rings. The van der Waals surface area contributed by atoms with Crippen molar-refractivity contribution in [1.29, 1.82) is 0 Å². The van der Waals surface area contributed by atoms with E-state index < -0.39 is 6.10 Å². The first-order chi connectivity index (χ1) is 8.01. The van der Waals surface area contributed by atoms with Gasteiger partial charge in [-0.05, 0) is 18.4 Å². The van der Waals surface area contributed by atoms with Crippen LogP contribution in [0.2, 0.25) is 10.0 Å². The SMILES string of the molecule is CCCC(C)C(O)c1cc(Cl)c(OC)cc1Cl. The van der Waals surface area contributed by atoms with E-state index in [0.717, 1.165) is 12.8 Å². The summed E-state index contributed by atoms with van der Waals surface area (Å²) in [6, 6.07) is 3.32. The zero-order valence-corrected chi connectivity index (χ0v) is 11.8. The molecule has 0 amide bonds. The molecule has 2 atom stereocenters. The molecular formula is C13H18Cl2O2. The smallest absolute Gasteiger partial charge is 0.138 e. The van der Waals surface area contributed by atoms with Crippen molar-refractivity contribution >= 4 is 23.2 Å². The largest absolute Gasteiger partial charge is 0.495 e. The summed E-state index contributed by atoms with van der Waals surface area (Å²) < 4.78 is 5.07. The van der Waals surface area contributed by atoms with Gasteiger partial charge < -0.3 is 9.84 Å². The molecule has 2 nitrogen and oxygen atoms in total. The highest BCUT2D eigenvalue weighted by Crippen LogP contribution is 2.37. The third kappa shape index (κ3) is 3.51. The Morgan fingerprint density at radius 3 is 2.47 bits per heavy atom. The number of hydrogen-bond donors (Lipinski definition) is 1. The molecule has 4 heteroatoms. The second-order valence-corrected chi connectivity index (χ2v) is 5.03. The number of benzene rings is 1. The third-order valence-corrected chi connectivity index (χ3v) is 3.50. The molecule has 0 aliphatic heterocycles. The Hall–Kier alpha value is -0.440. The van der Waals surface area contributed by atoms with Crippen molar-refractivity contribution in [3.63, 3.8) is 0 Å². The first-order valence-electron chi connectivity index (χ1n) is 5.72. The van der Waals surface area contributed by atoms with Crippen LogP contribution in [0.5, 0.6) is 5.75 Å². The van der Waals surface area contributed by atoms with Crippen LogP contribution in [-0.2, 0) is 0 Å². The molecule has 96 valence electrons. The Kier molecular flexibility index (Phi) is 5.57. The van der Waals surface area contributed by atoms with Crippen molar-refractivity contribution in [3.05, 3.63) is 27.7 Å². The van der Waals surface area contributed by atoms with E-state index in [2.05, 4.69) is 6.92 Å². The van der Waals surface area contributed by atoms with Crippen LogP contribution in [0.25, 0.3) is 0 Å². The predicted molar refractivity (Wildman–Crippen MR) is 72.0 cm³/mol. The van der Waals surface area contributed by atoms with Crippen molar-refractivity contribution in [2.45, 2.75) is 32.8 Å². The normalized spacial score (nSPS) is 14.5. The maximum Gasteiger partial charge on any atom is 0.138 e. The minimum atomic E-state index is -0.592. The zero-order chi connectivity index (χ0) is 13.0. The molecule has 17 heavy (non-hydrogen) atoms. The predicted octanol–water partition coefficient (Wildman–Crippen LogP) is 4.47. The number of halogens is 2. The number of aliphatic hydroxyl groups is 1. The van der Waals surface area contributed by atoms with Crippen LogP contribution in [0, 0.1) is 5.92 Å². The lowest BCUT2D eigenvalue weighted by Gasteiger charge is -2.20. The van der Waals surface area contributed by atoms with Gasteiger partial charge in [0.05, 0.1) is 23.3 Å². The highest BCUT2D eigenvalue weighted by Gasteiger charge is 2.20. The van der Waals surface area contributed by atoms with E-state index in [4.69, 9.17) is 27.9 Å². The Bertz CT molecular complexity index is 380. The van der Waals surface area contributed by atoms with Crippen molar-refractivity contribution in [2.75, 3.05) is 7.11 Å². The Balaban J connectivity index is 3.01. The van der Waals surface area contributed by atoms with Crippen molar-refractivity contribution in [1.82, 2.24) is 0 Å². The second-order valence-electron chi connectivity index (χ2n) is 4.22. The van der Waals surface area contributed by atoms with Crippen LogP contribution in [0.15, 0.2) is 12.1 Å². The summed E-state index contributed by atoms with van der Waals surface area (Å²) >= 11 is 12.2. The van der Waals surface area contributed by atoms with Crippen LogP contribution < -0.4 is 4.74 Å². The van der Waals surface area contributed by atoms with Gasteiger partial charge in [-0.3, -0.25) is 0 Å². The van der Waals surface area contributed by atoms with Crippen LogP contribution in [0.4, 0.5) is 0 Å². The van der Waals surface area contributed by atoms with Gasteiger partial charge in [-0.25, -0.2) is 0 Å². The minimum Gasteiger partial charge on any atom is -0.495 e. The molecule has 0 aliphatic rings. The van der Waals surface area contributed by atoms with E-state index in [9.17, 15) is 5.11 Å². The number of aliphatic hydroxyl groups excluding tert-OH is 1. The Morgan fingerprint density at radius 2 is 1.94 bits per heavy atom. The summed E-state index contributed by atoms with van der Waals surface area (Å²) in [5.41, 5.74) is 0.665. The molecule has 0 heterocycles. The summed E-state index contributed by atoms with van der Waals surface area (Å²) in [6.07, 6.45) is 1.38. The minimum absolute atomic E-state index is 0.155. The summed E-state index contributed by atoms with van der Waals surface area (Å²) in [4.78, 5) is 0. The molecule has 0 fully saturated rings. The topological polar surface area (TPSA) is 29.5 Å². The number of ether oxygens (including phenoxy) is 1. The molecule has 0 aromatic heterocycles. The summed E-state index contributed by atoms with van der Waals surface area (Å²) in [5.74, 6) is 0.678. The van der Waals surface area contributed by atoms with Gasteiger partial charge >= 0.3 is 0 Å². The molecule has 0 saturated carbocycles. The molecule has 0 aliphatic carbocycles. The van der Waals surface area contributed by atoms with E-state index in [1.165, 1.54) is 7.11 Å². The molecule has 2 unspecified atom stereocenters. The maximum absolute atomic E-state index is 10.2. The van der Waals surface area contributed by atoms with Crippen molar-refractivity contribution in [2.24, 2.45) is 5.92 Å². The third-order valence-electron chi connectivity index (χ3n) is 2.87. The molecule has 0 saturated heterocycles. The standard InChI is InChI=1S/C13H18Cl2O2/c1-4-5-8(2)13(16)9-6-11(15)12(17-3)7-10(9)14/h6-8,13,16H,4-5H2,1-3H3. The lowest BCUT2D eigenvalue weighted by atomic mass is 9.93. The van der Waals surface area contributed by atoms with Gasteiger partial charge in [0.25, 0.3) is 0 Å². The fraction of sp³-hybridized carbons (Fsp3) is 0.538. The van der Waals surface area contributed by atoms with Crippen LogP contribution >= 0.6 is 23.2 Å². The highest BCUT2D eigenvalue weighted by atomic mass is 35.5. The Labute approximate surface area is 113 Å². The fourth-order valence-electron chi connectivity index (χ4n) is 1.85. The average Bonchev–Trinajstić information content (AvgIpc) is 2.31. The van der Waals surface area contributed by atoms with Gasteiger partial charge in [0.2, 0.25) is 0 Å². The van der Waals surface area contributed by atoms with Gasteiger partial charge in [0.1, 0.15) is 5.75 Å². The summed E-state index contributed by atoms with van der Waals surface area (Å²) in [6.45, 7) is 4.09. The van der Waals surface area contributed by atoms with Crippen LogP contribution in [0.1, 0.15) is 38.4 Å².